The number of hydrogen-bond donors (Lipinski definition) is 1. The summed E-state index contributed by atoms with van der Waals surface area (Å²) in [5, 5.41) is 11.4. The van der Waals surface area contributed by atoms with E-state index in [1.807, 2.05) is 16.7 Å². The molecule has 1 heterocycles. The summed E-state index contributed by atoms with van der Waals surface area (Å²) in [6.45, 7) is 2.49. The summed E-state index contributed by atoms with van der Waals surface area (Å²) in [7, 11) is 0. The zero-order chi connectivity index (χ0) is 26.8. The molecule has 2 aromatic carbocycles. The van der Waals surface area contributed by atoms with Crippen LogP contribution in [0, 0.1) is 11.3 Å². The Bertz CT molecular complexity index is 1250. The van der Waals surface area contributed by atoms with Crippen molar-refractivity contribution in [2.24, 2.45) is 0 Å². The van der Waals surface area contributed by atoms with Crippen molar-refractivity contribution in [1.82, 2.24) is 19.8 Å². The van der Waals surface area contributed by atoms with Crippen LogP contribution in [0.3, 0.4) is 0 Å². The van der Waals surface area contributed by atoms with E-state index in [2.05, 4.69) is 16.4 Å². The van der Waals surface area contributed by atoms with Crippen LogP contribution in [-0.4, -0.2) is 38.8 Å². The van der Waals surface area contributed by atoms with Gasteiger partial charge < -0.3 is 14.2 Å². The average Bonchev–Trinajstić information content (AvgIpc) is 3.30. The van der Waals surface area contributed by atoms with Crippen molar-refractivity contribution in [1.29, 1.82) is 5.26 Å². The van der Waals surface area contributed by atoms with Crippen LogP contribution in [0.4, 0.5) is 18.0 Å². The van der Waals surface area contributed by atoms with Crippen LogP contribution in [0.15, 0.2) is 61.1 Å². The first-order valence-electron chi connectivity index (χ1n) is 11.6. The summed E-state index contributed by atoms with van der Waals surface area (Å²) in [6.07, 6.45) is -0.716. The minimum absolute atomic E-state index is 0.0125. The van der Waals surface area contributed by atoms with Gasteiger partial charge in [0.2, 0.25) is 0 Å². The smallest absolute Gasteiger partial charge is 0.416 e. The van der Waals surface area contributed by atoms with Crippen molar-refractivity contribution in [3.63, 3.8) is 0 Å². The number of aryl methyl sites for hydroxylation is 1. The fraction of sp³-hybridized carbons (Fsp3) is 0.308. The molecule has 0 saturated heterocycles. The van der Waals surface area contributed by atoms with Gasteiger partial charge in [0.15, 0.2) is 5.11 Å². The topological polar surface area (TPSA) is 83.2 Å². The highest BCUT2D eigenvalue weighted by atomic mass is 32.1. The maximum absolute atomic E-state index is 13.5. The molecule has 7 nitrogen and oxygen atoms in total. The van der Waals surface area contributed by atoms with Crippen LogP contribution in [0.2, 0.25) is 0 Å². The van der Waals surface area contributed by atoms with E-state index in [1.54, 1.807) is 31.6 Å². The maximum Gasteiger partial charge on any atom is 0.416 e. The summed E-state index contributed by atoms with van der Waals surface area (Å²) >= 11 is 5.34. The van der Waals surface area contributed by atoms with Crippen molar-refractivity contribution in [3.8, 4) is 6.07 Å². The number of benzene rings is 2. The average molecular weight is 530 g/mol. The number of ether oxygens (including phenoxy) is 1. The van der Waals surface area contributed by atoms with Gasteiger partial charge in [-0.1, -0.05) is 30.3 Å². The Balaban J connectivity index is 1.71. The second kappa shape index (κ2) is 12.9. The molecule has 11 heteroatoms. The molecule has 0 aliphatic heterocycles. The molecule has 37 heavy (non-hydrogen) atoms. The van der Waals surface area contributed by atoms with Crippen LogP contribution < -0.4 is 5.32 Å². The van der Waals surface area contributed by atoms with E-state index in [-0.39, 0.29) is 23.8 Å². The van der Waals surface area contributed by atoms with E-state index in [4.69, 9.17) is 22.2 Å². The minimum atomic E-state index is -4.52. The van der Waals surface area contributed by atoms with E-state index in [9.17, 15) is 18.0 Å². The van der Waals surface area contributed by atoms with Crippen LogP contribution in [0.1, 0.15) is 41.3 Å². The van der Waals surface area contributed by atoms with Gasteiger partial charge in [0.25, 0.3) is 0 Å². The Labute approximate surface area is 218 Å². The van der Waals surface area contributed by atoms with Gasteiger partial charge in [-0.25, -0.2) is 9.78 Å². The predicted molar refractivity (Wildman–Crippen MR) is 135 cm³/mol. The number of thiocarbonyl (C=S) groups is 1. The number of nitrogens with zero attached hydrogens (tertiary/aromatic N) is 4. The van der Waals surface area contributed by atoms with Gasteiger partial charge in [-0.3, -0.25) is 5.32 Å². The maximum atomic E-state index is 13.5. The first kappa shape index (κ1) is 27.7. The monoisotopic (exact) mass is 529 g/mol. The molecule has 0 fully saturated rings. The minimum Gasteiger partial charge on any atom is -0.450 e. The highest BCUT2D eigenvalue weighted by molar-refractivity contribution is 7.80. The number of rotatable bonds is 9. The fourth-order valence-electron chi connectivity index (χ4n) is 3.76. The Kier molecular flexibility index (Phi) is 9.63. The molecule has 0 bridgehead atoms. The fourth-order valence-corrected chi connectivity index (χ4v) is 4.00. The summed E-state index contributed by atoms with van der Waals surface area (Å²) in [5.41, 5.74) is 1.82. The number of alkyl carbamates (subject to hydrolysis) is 1. The normalized spacial score (nSPS) is 11.0. The van der Waals surface area contributed by atoms with Crippen molar-refractivity contribution >= 4 is 23.4 Å². The molecular formula is C26H26F3N5O2S. The van der Waals surface area contributed by atoms with Gasteiger partial charge in [-0.05, 0) is 61.3 Å². The summed E-state index contributed by atoms with van der Waals surface area (Å²) in [6, 6.07) is 14.6. The lowest BCUT2D eigenvalue weighted by atomic mass is 10.1. The Morgan fingerprint density at radius 1 is 1.22 bits per heavy atom. The molecule has 0 radical (unpaired) electrons. The molecule has 1 N–H and O–H groups in total. The summed E-state index contributed by atoms with van der Waals surface area (Å²) in [4.78, 5) is 17.6. The molecule has 3 aromatic rings. The van der Waals surface area contributed by atoms with Gasteiger partial charge in [0.1, 0.15) is 0 Å². The van der Waals surface area contributed by atoms with Crippen molar-refractivity contribution in [3.05, 3.63) is 89.0 Å². The molecule has 0 aliphatic carbocycles. The van der Waals surface area contributed by atoms with Gasteiger partial charge in [0, 0.05) is 31.5 Å². The molecular weight excluding hydrogens is 503 g/mol. The second-order valence-electron chi connectivity index (χ2n) is 8.15. The van der Waals surface area contributed by atoms with Gasteiger partial charge in [-0.2, -0.15) is 18.4 Å². The summed E-state index contributed by atoms with van der Waals surface area (Å²) in [5.74, 6) is 0. The largest absolute Gasteiger partial charge is 0.450 e. The van der Waals surface area contributed by atoms with Gasteiger partial charge >= 0.3 is 12.3 Å². The van der Waals surface area contributed by atoms with Crippen molar-refractivity contribution in [2.75, 3.05) is 13.2 Å². The number of nitrogens with one attached hydrogen (secondary N) is 1. The van der Waals surface area contributed by atoms with E-state index >= 15 is 0 Å². The molecule has 1 aromatic heterocycles. The van der Waals surface area contributed by atoms with E-state index < -0.39 is 17.8 Å². The number of imidazole rings is 1. The molecule has 0 unspecified atom stereocenters. The number of carbonyl (C=O) groups excluding carboxylic acids is 1. The zero-order valence-corrected chi connectivity index (χ0v) is 21.0. The lowest BCUT2D eigenvalue weighted by Gasteiger charge is -2.26. The Morgan fingerprint density at radius 2 is 1.95 bits per heavy atom. The first-order valence-corrected chi connectivity index (χ1v) is 12.0. The number of alkyl halides is 3. The van der Waals surface area contributed by atoms with Gasteiger partial charge in [-0.15, -0.1) is 0 Å². The lowest BCUT2D eigenvalue weighted by Crippen LogP contribution is -2.43. The highest BCUT2D eigenvalue weighted by Crippen LogP contribution is 2.32. The number of halogens is 3. The van der Waals surface area contributed by atoms with Crippen LogP contribution in [0.5, 0.6) is 0 Å². The molecule has 0 spiro atoms. The summed E-state index contributed by atoms with van der Waals surface area (Å²) < 4.78 is 47.5. The Hall–Kier alpha value is -3.91. The number of amides is 1. The van der Waals surface area contributed by atoms with Crippen LogP contribution in [-0.2, 0) is 30.4 Å². The predicted octanol–water partition coefficient (Wildman–Crippen LogP) is 5.29. The van der Waals surface area contributed by atoms with E-state index in [0.29, 0.717) is 31.5 Å². The third-order valence-corrected chi connectivity index (χ3v) is 5.91. The number of carbonyl (C=O) groups is 1. The highest BCUT2D eigenvalue weighted by Gasteiger charge is 2.33. The molecule has 194 valence electrons. The van der Waals surface area contributed by atoms with Crippen molar-refractivity contribution < 1.29 is 22.7 Å². The standard InChI is InChI=1S/C26H26F3N5O2S/c1-2-36-25(35)32-24(37)33(17-21-6-3-4-8-23(21)26(27,28)29)13-5-7-22-15-31-18-34(22)16-20-11-9-19(14-30)10-12-20/h3-4,6,8-12,15,18H,2,5,7,13,16-17H2,1H3,(H,32,35,37). The lowest BCUT2D eigenvalue weighted by molar-refractivity contribution is -0.138. The molecule has 0 atom stereocenters. The molecule has 0 saturated carbocycles. The first-order chi connectivity index (χ1) is 17.7. The molecule has 3 rings (SSSR count). The van der Waals surface area contributed by atoms with Gasteiger partial charge in [0.05, 0.1) is 30.1 Å². The quantitative estimate of drug-likeness (QED) is 0.380. The number of nitriles is 1. The Morgan fingerprint density at radius 3 is 2.62 bits per heavy atom. The third-order valence-electron chi connectivity index (χ3n) is 5.55. The van der Waals surface area contributed by atoms with Crippen LogP contribution in [0.25, 0.3) is 0 Å². The van der Waals surface area contributed by atoms with E-state index in [1.165, 1.54) is 23.1 Å². The second-order valence-corrected chi connectivity index (χ2v) is 8.54. The molecule has 1 amide bonds. The number of aromatic nitrogens is 2. The number of hydrogen-bond acceptors (Lipinski definition) is 5. The SMILES string of the molecule is CCOC(=O)NC(=S)N(CCCc1cncn1Cc1ccc(C#N)cc1)Cc1ccccc1C(F)(F)F. The third kappa shape index (κ3) is 8.05. The van der Waals surface area contributed by atoms with Crippen molar-refractivity contribution in [2.45, 2.75) is 39.0 Å². The zero-order valence-electron chi connectivity index (χ0n) is 20.2. The molecule has 0 aliphatic rings. The van der Waals surface area contributed by atoms with Crippen LogP contribution >= 0.6 is 12.2 Å². The van der Waals surface area contributed by atoms with E-state index in [0.717, 1.165) is 17.3 Å².